The van der Waals surface area contributed by atoms with Crippen molar-refractivity contribution in [3.05, 3.63) is 0 Å². The molecule has 4 saturated carbocycles. The van der Waals surface area contributed by atoms with Crippen molar-refractivity contribution >= 4 is 11.8 Å². The minimum absolute atomic E-state index is 0.251. The van der Waals surface area contributed by atoms with Crippen molar-refractivity contribution in [1.29, 1.82) is 5.26 Å². The van der Waals surface area contributed by atoms with Gasteiger partial charge >= 0.3 is 0 Å². The summed E-state index contributed by atoms with van der Waals surface area (Å²) in [6.45, 7) is 0. The van der Waals surface area contributed by atoms with Crippen LogP contribution in [-0.2, 0) is 0 Å². The third kappa shape index (κ3) is 2.35. The lowest BCUT2D eigenvalue weighted by molar-refractivity contribution is 0.0267. The molecule has 1 atom stereocenters. The molecule has 2 N–H and O–H groups in total. The van der Waals surface area contributed by atoms with Crippen LogP contribution in [0.3, 0.4) is 0 Å². The van der Waals surface area contributed by atoms with Crippen LogP contribution >= 0.6 is 11.8 Å². The number of hydrogen-bond acceptors (Lipinski definition) is 3. The van der Waals surface area contributed by atoms with Crippen LogP contribution < -0.4 is 5.73 Å². The molecule has 3 heteroatoms. The first-order valence-electron chi connectivity index (χ1n) is 7.03. The number of nitrogens with zero attached hydrogens (tertiary/aromatic N) is 1. The molecule has 4 aliphatic rings. The summed E-state index contributed by atoms with van der Waals surface area (Å²) in [5, 5.41) is 9.59. The van der Waals surface area contributed by atoms with Crippen molar-refractivity contribution in [2.75, 3.05) is 5.75 Å². The third-order valence-corrected chi connectivity index (χ3v) is 6.67. The summed E-state index contributed by atoms with van der Waals surface area (Å²) in [4.78, 5) is 0. The SMILES string of the molecule is N#CC(N)CCSC1C2CC3CC(C2)CC1C3. The summed E-state index contributed by atoms with van der Waals surface area (Å²) < 4.78 is 0. The number of nitrogens with two attached hydrogens (primary N) is 1. The van der Waals surface area contributed by atoms with Gasteiger partial charge in [-0.05, 0) is 67.9 Å². The van der Waals surface area contributed by atoms with Gasteiger partial charge in [-0.3, -0.25) is 0 Å². The zero-order chi connectivity index (χ0) is 11.8. The van der Waals surface area contributed by atoms with Crippen LogP contribution in [0.5, 0.6) is 0 Å². The average Bonchev–Trinajstić information content (AvgIpc) is 2.31. The fraction of sp³-hybridized carbons (Fsp3) is 0.929. The average molecular weight is 250 g/mol. The zero-order valence-corrected chi connectivity index (χ0v) is 11.2. The Kier molecular flexibility index (Phi) is 3.36. The first kappa shape index (κ1) is 11.9. The molecule has 1 unspecified atom stereocenters. The molecular formula is C14H22N2S. The van der Waals surface area contributed by atoms with Gasteiger partial charge in [0.2, 0.25) is 0 Å². The van der Waals surface area contributed by atoms with Crippen molar-refractivity contribution in [3.8, 4) is 6.07 Å². The molecule has 4 aliphatic carbocycles. The maximum Gasteiger partial charge on any atom is 0.0935 e. The van der Waals surface area contributed by atoms with Crippen molar-refractivity contribution in [1.82, 2.24) is 0 Å². The van der Waals surface area contributed by atoms with Gasteiger partial charge in [0.25, 0.3) is 0 Å². The molecular weight excluding hydrogens is 228 g/mol. The van der Waals surface area contributed by atoms with Crippen molar-refractivity contribution < 1.29 is 0 Å². The van der Waals surface area contributed by atoms with Crippen LogP contribution in [0.1, 0.15) is 38.5 Å². The lowest BCUT2D eigenvalue weighted by Gasteiger charge is -2.54. The van der Waals surface area contributed by atoms with Gasteiger partial charge in [0.1, 0.15) is 0 Å². The predicted molar refractivity (Wildman–Crippen MR) is 71.5 cm³/mol. The second-order valence-corrected chi connectivity index (χ2v) is 7.58. The van der Waals surface area contributed by atoms with Gasteiger partial charge < -0.3 is 5.73 Å². The van der Waals surface area contributed by atoms with Crippen LogP contribution in [0.4, 0.5) is 0 Å². The molecule has 4 bridgehead atoms. The van der Waals surface area contributed by atoms with Gasteiger partial charge in [0, 0.05) is 5.25 Å². The highest BCUT2D eigenvalue weighted by Crippen LogP contribution is 2.57. The molecule has 2 nitrogen and oxygen atoms in total. The van der Waals surface area contributed by atoms with E-state index in [4.69, 9.17) is 11.0 Å². The summed E-state index contributed by atoms with van der Waals surface area (Å²) in [5.41, 5.74) is 5.66. The van der Waals surface area contributed by atoms with Gasteiger partial charge in [-0.2, -0.15) is 17.0 Å². The van der Waals surface area contributed by atoms with E-state index in [0.717, 1.165) is 41.1 Å². The molecule has 0 aliphatic heterocycles. The van der Waals surface area contributed by atoms with Gasteiger partial charge in [-0.1, -0.05) is 0 Å². The highest BCUT2D eigenvalue weighted by Gasteiger charge is 2.48. The highest BCUT2D eigenvalue weighted by atomic mass is 32.2. The molecule has 4 fully saturated rings. The molecule has 0 aromatic heterocycles. The summed E-state index contributed by atoms with van der Waals surface area (Å²) in [5.74, 6) is 5.21. The largest absolute Gasteiger partial charge is 0.316 e. The number of thioether (sulfide) groups is 1. The van der Waals surface area contributed by atoms with E-state index in [1.54, 1.807) is 0 Å². The maximum absolute atomic E-state index is 8.69. The molecule has 94 valence electrons. The summed E-state index contributed by atoms with van der Waals surface area (Å²) in [6.07, 6.45) is 8.38. The Morgan fingerprint density at radius 2 is 1.71 bits per heavy atom. The number of nitriles is 1. The molecule has 17 heavy (non-hydrogen) atoms. The quantitative estimate of drug-likeness (QED) is 0.834. The van der Waals surface area contributed by atoms with E-state index < -0.39 is 0 Å². The lowest BCUT2D eigenvalue weighted by atomic mass is 9.56. The van der Waals surface area contributed by atoms with Crippen LogP contribution in [-0.4, -0.2) is 17.0 Å². The second-order valence-electron chi connectivity index (χ2n) is 6.29. The third-order valence-electron chi connectivity index (χ3n) is 5.05. The van der Waals surface area contributed by atoms with Crippen molar-refractivity contribution in [2.45, 2.75) is 49.8 Å². The Labute approximate surface area is 108 Å². The van der Waals surface area contributed by atoms with E-state index in [9.17, 15) is 0 Å². The van der Waals surface area contributed by atoms with E-state index in [1.807, 2.05) is 0 Å². The Balaban J connectivity index is 1.53. The number of rotatable bonds is 4. The minimum atomic E-state index is -0.251. The van der Waals surface area contributed by atoms with Crippen LogP contribution in [0.2, 0.25) is 0 Å². The standard InChI is InChI=1S/C14H22N2S/c15-8-13(16)1-2-17-14-11-4-9-3-10(6-11)7-12(14)5-9/h9-14H,1-7,16H2. The molecule has 0 aromatic rings. The molecule has 0 amide bonds. The lowest BCUT2D eigenvalue weighted by Crippen LogP contribution is -2.47. The zero-order valence-electron chi connectivity index (χ0n) is 10.3. The van der Waals surface area contributed by atoms with Gasteiger partial charge in [0.05, 0.1) is 12.1 Å². The molecule has 4 rings (SSSR count). The Hall–Kier alpha value is -0.200. The predicted octanol–water partition coefficient (Wildman–Crippen LogP) is 2.79. The van der Waals surface area contributed by atoms with Gasteiger partial charge in [-0.15, -0.1) is 0 Å². The molecule has 0 radical (unpaired) electrons. The van der Waals surface area contributed by atoms with Crippen LogP contribution in [0, 0.1) is 35.0 Å². The van der Waals surface area contributed by atoms with Crippen molar-refractivity contribution in [3.63, 3.8) is 0 Å². The van der Waals surface area contributed by atoms with E-state index in [0.29, 0.717) is 0 Å². The minimum Gasteiger partial charge on any atom is -0.316 e. The van der Waals surface area contributed by atoms with Crippen LogP contribution in [0.25, 0.3) is 0 Å². The number of hydrogen-bond donors (Lipinski definition) is 1. The van der Waals surface area contributed by atoms with E-state index >= 15 is 0 Å². The summed E-state index contributed by atoms with van der Waals surface area (Å²) in [7, 11) is 0. The maximum atomic E-state index is 8.69. The van der Waals surface area contributed by atoms with Crippen molar-refractivity contribution in [2.24, 2.45) is 29.4 Å². The topological polar surface area (TPSA) is 49.8 Å². The first-order chi connectivity index (χ1) is 8.26. The van der Waals surface area contributed by atoms with E-state index in [1.165, 1.54) is 32.1 Å². The Bertz CT molecular complexity index is 295. The normalized spacial score (nSPS) is 44.6. The molecule has 0 saturated heterocycles. The Morgan fingerprint density at radius 3 is 2.24 bits per heavy atom. The fourth-order valence-corrected chi connectivity index (χ4v) is 6.19. The smallest absolute Gasteiger partial charge is 0.0935 e. The van der Waals surface area contributed by atoms with E-state index in [2.05, 4.69) is 17.8 Å². The Morgan fingerprint density at radius 1 is 1.12 bits per heavy atom. The highest BCUT2D eigenvalue weighted by molar-refractivity contribution is 7.99. The second kappa shape index (κ2) is 4.82. The molecule has 0 heterocycles. The monoisotopic (exact) mass is 250 g/mol. The van der Waals surface area contributed by atoms with Gasteiger partial charge in [-0.25, -0.2) is 0 Å². The van der Waals surface area contributed by atoms with Gasteiger partial charge in [0.15, 0.2) is 0 Å². The van der Waals surface area contributed by atoms with Crippen LogP contribution in [0.15, 0.2) is 0 Å². The van der Waals surface area contributed by atoms with E-state index in [-0.39, 0.29) is 6.04 Å². The first-order valence-corrected chi connectivity index (χ1v) is 8.08. The fourth-order valence-electron chi connectivity index (χ4n) is 4.54. The molecule has 0 spiro atoms. The molecule has 0 aromatic carbocycles. The summed E-state index contributed by atoms with van der Waals surface area (Å²) in [6, 6.07) is 1.88. The summed E-state index contributed by atoms with van der Waals surface area (Å²) >= 11 is 2.12.